The molecule has 0 unspecified atom stereocenters. The molecule has 4 aromatic rings. The number of sulfonamides is 1. The minimum absolute atomic E-state index is 0.193. The van der Waals surface area contributed by atoms with Crippen LogP contribution in [0.25, 0.3) is 22.2 Å². The fourth-order valence-electron chi connectivity index (χ4n) is 4.81. The Morgan fingerprint density at radius 1 is 1.05 bits per heavy atom. The summed E-state index contributed by atoms with van der Waals surface area (Å²) in [6.45, 7) is 5.38. The van der Waals surface area contributed by atoms with Gasteiger partial charge in [0, 0.05) is 12.2 Å². The van der Waals surface area contributed by atoms with Crippen molar-refractivity contribution in [2.75, 3.05) is 38.6 Å². The number of anilines is 2. The number of halogens is 1. The van der Waals surface area contributed by atoms with E-state index in [2.05, 4.69) is 30.1 Å². The number of methoxy groups -OCH3 is 1. The highest BCUT2D eigenvalue weighted by molar-refractivity contribution is 7.89. The molecule has 1 aliphatic heterocycles. The summed E-state index contributed by atoms with van der Waals surface area (Å²) in [6.07, 6.45) is 3.22. The van der Waals surface area contributed by atoms with Gasteiger partial charge in [-0.1, -0.05) is 6.07 Å². The molecule has 0 spiro atoms. The number of rotatable bonds is 10. The van der Waals surface area contributed by atoms with Crippen molar-refractivity contribution >= 4 is 32.7 Å². The summed E-state index contributed by atoms with van der Waals surface area (Å²) in [5.41, 5.74) is 3.51. The van der Waals surface area contributed by atoms with Crippen LogP contribution >= 0.6 is 0 Å². The zero-order valence-corrected chi connectivity index (χ0v) is 22.8. The van der Waals surface area contributed by atoms with Gasteiger partial charge in [0.25, 0.3) is 0 Å². The summed E-state index contributed by atoms with van der Waals surface area (Å²) in [5.74, 6) is 0.295. The van der Waals surface area contributed by atoms with Gasteiger partial charge in [0.1, 0.15) is 17.1 Å². The van der Waals surface area contributed by atoms with Crippen molar-refractivity contribution in [2.24, 2.45) is 0 Å². The summed E-state index contributed by atoms with van der Waals surface area (Å²) in [7, 11) is -2.09. The molecule has 204 valence electrons. The molecule has 0 radical (unpaired) electrons. The lowest BCUT2D eigenvalue weighted by molar-refractivity contribution is 0.334. The standard InChI is InChI=1S/C28H31FN6O3S/c1-19-17-20(26-23(29)7-5-8-25(26)38-2)18-24-27(19)32-28(34-33-24)31-21-9-11-22(12-10-21)39(36,37)30-13-6-16-35-14-3-4-15-35/h5,7-12,17-18,30H,3-4,6,13-16H2,1-2H3,(H,31,32,34). The van der Waals surface area contributed by atoms with E-state index in [1.165, 1.54) is 26.0 Å². The number of aryl methyl sites for hydroxylation is 1. The van der Waals surface area contributed by atoms with Gasteiger partial charge in [0.2, 0.25) is 16.0 Å². The second-order valence-electron chi connectivity index (χ2n) is 9.56. The van der Waals surface area contributed by atoms with Crippen molar-refractivity contribution in [1.29, 1.82) is 0 Å². The summed E-state index contributed by atoms with van der Waals surface area (Å²) < 4.78 is 48.0. The highest BCUT2D eigenvalue weighted by Crippen LogP contribution is 2.35. The maximum Gasteiger partial charge on any atom is 0.247 e. The Hall–Kier alpha value is -3.67. The van der Waals surface area contributed by atoms with Crippen LogP contribution < -0.4 is 14.8 Å². The van der Waals surface area contributed by atoms with Crippen LogP contribution in [-0.4, -0.2) is 61.8 Å². The minimum Gasteiger partial charge on any atom is -0.496 e. The molecule has 0 amide bonds. The predicted octanol–water partition coefficient (Wildman–Crippen LogP) is 4.66. The first-order valence-corrected chi connectivity index (χ1v) is 14.4. The van der Waals surface area contributed by atoms with E-state index < -0.39 is 15.8 Å². The molecule has 39 heavy (non-hydrogen) atoms. The van der Waals surface area contributed by atoms with Crippen LogP contribution in [0.3, 0.4) is 0 Å². The molecule has 0 atom stereocenters. The van der Waals surface area contributed by atoms with Gasteiger partial charge in [0.05, 0.1) is 23.1 Å². The van der Waals surface area contributed by atoms with Gasteiger partial charge in [-0.2, -0.15) is 0 Å². The average molecular weight is 551 g/mol. The summed E-state index contributed by atoms with van der Waals surface area (Å²) in [5, 5.41) is 11.5. The van der Waals surface area contributed by atoms with Crippen molar-refractivity contribution in [3.63, 3.8) is 0 Å². The monoisotopic (exact) mass is 550 g/mol. The van der Waals surface area contributed by atoms with Crippen molar-refractivity contribution in [3.8, 4) is 16.9 Å². The van der Waals surface area contributed by atoms with E-state index in [4.69, 9.17) is 4.74 Å². The Bertz CT molecular complexity index is 1570. The topological polar surface area (TPSA) is 109 Å². The molecule has 9 nitrogen and oxygen atoms in total. The van der Waals surface area contributed by atoms with E-state index in [1.807, 2.05) is 13.0 Å². The highest BCUT2D eigenvalue weighted by atomic mass is 32.2. The average Bonchev–Trinajstić information content (AvgIpc) is 3.45. The minimum atomic E-state index is -3.59. The number of ether oxygens (including phenoxy) is 1. The van der Waals surface area contributed by atoms with Crippen LogP contribution in [0.5, 0.6) is 5.75 Å². The van der Waals surface area contributed by atoms with E-state index in [9.17, 15) is 12.8 Å². The first-order valence-electron chi connectivity index (χ1n) is 12.9. The second kappa shape index (κ2) is 11.6. The van der Waals surface area contributed by atoms with E-state index in [0.29, 0.717) is 40.1 Å². The smallest absolute Gasteiger partial charge is 0.247 e. The third-order valence-electron chi connectivity index (χ3n) is 6.80. The number of fused-ring (bicyclic) bond motifs is 1. The molecule has 1 saturated heterocycles. The number of hydrogen-bond donors (Lipinski definition) is 2. The molecule has 0 bridgehead atoms. The first-order chi connectivity index (χ1) is 18.8. The Morgan fingerprint density at radius 2 is 1.82 bits per heavy atom. The lowest BCUT2D eigenvalue weighted by Gasteiger charge is -2.14. The normalized spacial score (nSPS) is 14.1. The fraction of sp³-hybridized carbons (Fsp3) is 0.321. The van der Waals surface area contributed by atoms with Crippen LogP contribution in [-0.2, 0) is 10.0 Å². The number of likely N-dealkylation sites (tertiary alicyclic amines) is 1. The molecule has 5 rings (SSSR count). The van der Waals surface area contributed by atoms with Crippen LogP contribution in [0.2, 0.25) is 0 Å². The predicted molar refractivity (Wildman–Crippen MR) is 149 cm³/mol. The van der Waals surface area contributed by atoms with Crippen LogP contribution in [0.1, 0.15) is 24.8 Å². The molecule has 2 N–H and O–H groups in total. The van der Waals surface area contributed by atoms with Gasteiger partial charge in [-0.05, 0) is 105 Å². The van der Waals surface area contributed by atoms with Crippen molar-refractivity contribution in [3.05, 3.63) is 66.0 Å². The number of aromatic nitrogens is 3. The molecule has 1 aromatic heterocycles. The largest absolute Gasteiger partial charge is 0.496 e. The Morgan fingerprint density at radius 3 is 2.56 bits per heavy atom. The van der Waals surface area contributed by atoms with Gasteiger partial charge in [0.15, 0.2) is 0 Å². The van der Waals surface area contributed by atoms with E-state index >= 15 is 0 Å². The molecule has 0 aliphatic carbocycles. The van der Waals surface area contributed by atoms with Gasteiger partial charge >= 0.3 is 0 Å². The maximum atomic E-state index is 14.6. The van der Waals surface area contributed by atoms with Gasteiger partial charge in [-0.15, -0.1) is 10.2 Å². The summed E-state index contributed by atoms with van der Waals surface area (Å²) in [6, 6.07) is 14.6. The molecule has 1 fully saturated rings. The Labute approximate surface area is 227 Å². The van der Waals surface area contributed by atoms with E-state index in [-0.39, 0.29) is 10.8 Å². The van der Waals surface area contributed by atoms with Gasteiger partial charge < -0.3 is 15.0 Å². The highest BCUT2D eigenvalue weighted by Gasteiger charge is 2.17. The maximum absolute atomic E-state index is 14.6. The van der Waals surface area contributed by atoms with E-state index in [0.717, 1.165) is 31.6 Å². The third kappa shape index (κ3) is 6.16. The van der Waals surface area contributed by atoms with Crippen LogP contribution in [0.4, 0.5) is 16.0 Å². The van der Waals surface area contributed by atoms with Gasteiger partial charge in [-0.3, -0.25) is 0 Å². The van der Waals surface area contributed by atoms with Crippen LogP contribution in [0.15, 0.2) is 59.5 Å². The Balaban J connectivity index is 1.27. The number of nitrogens with zero attached hydrogens (tertiary/aromatic N) is 4. The summed E-state index contributed by atoms with van der Waals surface area (Å²) in [4.78, 5) is 7.13. The van der Waals surface area contributed by atoms with Crippen molar-refractivity contribution in [2.45, 2.75) is 31.1 Å². The molecule has 1 aliphatic rings. The van der Waals surface area contributed by atoms with Crippen molar-refractivity contribution in [1.82, 2.24) is 24.8 Å². The lowest BCUT2D eigenvalue weighted by atomic mass is 10.0. The molecule has 0 saturated carbocycles. The first kappa shape index (κ1) is 26.9. The molecular weight excluding hydrogens is 519 g/mol. The number of hydrogen-bond acceptors (Lipinski definition) is 8. The zero-order valence-electron chi connectivity index (χ0n) is 21.9. The Kier molecular flexibility index (Phi) is 8.01. The quantitative estimate of drug-likeness (QED) is 0.275. The zero-order chi connectivity index (χ0) is 27.4. The number of nitrogens with one attached hydrogen (secondary N) is 2. The number of benzene rings is 3. The molecule has 2 heterocycles. The second-order valence-corrected chi connectivity index (χ2v) is 11.3. The molecule has 3 aromatic carbocycles. The fourth-order valence-corrected chi connectivity index (χ4v) is 5.88. The molecular formula is C28H31FN6O3S. The van der Waals surface area contributed by atoms with E-state index in [1.54, 1.807) is 42.5 Å². The summed E-state index contributed by atoms with van der Waals surface area (Å²) >= 11 is 0. The SMILES string of the molecule is COc1cccc(F)c1-c1cc(C)c2nc(Nc3ccc(S(=O)(=O)NCCCN4CCCC4)cc3)nnc2c1. The lowest BCUT2D eigenvalue weighted by Crippen LogP contribution is -2.28. The molecule has 11 heteroatoms. The van der Waals surface area contributed by atoms with Crippen LogP contribution in [0, 0.1) is 12.7 Å². The van der Waals surface area contributed by atoms with Crippen molar-refractivity contribution < 1.29 is 17.5 Å². The third-order valence-corrected chi connectivity index (χ3v) is 8.27. The van der Waals surface area contributed by atoms with Gasteiger partial charge in [-0.25, -0.2) is 22.5 Å².